The molecule has 0 aliphatic carbocycles. The normalized spacial score (nSPS) is 10.2. The number of hydrogen-bond donors (Lipinski definition) is 3. The van der Waals surface area contributed by atoms with Gasteiger partial charge in [0.25, 0.3) is 5.91 Å². The van der Waals surface area contributed by atoms with Gasteiger partial charge in [0.2, 0.25) is 0 Å². The molecule has 0 saturated carbocycles. The number of thiocarbonyl (C=S) groups is 1. The van der Waals surface area contributed by atoms with E-state index in [1.807, 2.05) is 18.2 Å². The van der Waals surface area contributed by atoms with Gasteiger partial charge in [-0.1, -0.05) is 34.8 Å². The first kappa shape index (κ1) is 18.9. The van der Waals surface area contributed by atoms with Crippen molar-refractivity contribution >= 4 is 46.1 Å². The fourth-order valence-electron chi connectivity index (χ4n) is 2.41. The molecular formula is C19H19N5OS2. The molecule has 6 nitrogen and oxygen atoms in total. The Balaban J connectivity index is 1.39. The summed E-state index contributed by atoms with van der Waals surface area (Å²) in [6.45, 7) is 0.802. The minimum Gasteiger partial charge on any atom is -0.362 e. The van der Waals surface area contributed by atoms with Crippen molar-refractivity contribution in [3.63, 3.8) is 0 Å². The molecule has 0 atom stereocenters. The van der Waals surface area contributed by atoms with Crippen molar-refractivity contribution in [2.45, 2.75) is 12.8 Å². The van der Waals surface area contributed by atoms with Gasteiger partial charge >= 0.3 is 0 Å². The second kappa shape index (κ2) is 9.75. The van der Waals surface area contributed by atoms with Gasteiger partial charge in [-0.05, 0) is 66.4 Å². The predicted octanol–water partition coefficient (Wildman–Crippen LogP) is 3.71. The summed E-state index contributed by atoms with van der Waals surface area (Å²) in [6, 6.07) is 17.7. The molecule has 0 aliphatic heterocycles. The van der Waals surface area contributed by atoms with E-state index in [-0.39, 0.29) is 5.91 Å². The highest BCUT2D eigenvalue weighted by Crippen LogP contribution is 2.14. The van der Waals surface area contributed by atoms with E-state index in [9.17, 15) is 4.79 Å². The summed E-state index contributed by atoms with van der Waals surface area (Å²) in [5.74, 6) is -0.278. The Labute approximate surface area is 167 Å². The zero-order chi connectivity index (χ0) is 18.9. The number of aryl methyl sites for hydroxylation is 1. The maximum absolute atomic E-state index is 11.9. The molecule has 3 rings (SSSR count). The van der Waals surface area contributed by atoms with E-state index >= 15 is 0 Å². The molecular weight excluding hydrogens is 378 g/mol. The number of aromatic nitrogens is 2. The van der Waals surface area contributed by atoms with Gasteiger partial charge in [0.15, 0.2) is 10.8 Å². The highest BCUT2D eigenvalue weighted by Gasteiger charge is 2.08. The van der Waals surface area contributed by atoms with Crippen LogP contribution in [0.25, 0.3) is 0 Å². The molecule has 3 N–H and O–H groups in total. The largest absolute Gasteiger partial charge is 0.362 e. The van der Waals surface area contributed by atoms with Crippen molar-refractivity contribution < 1.29 is 4.79 Å². The molecule has 1 aromatic heterocycles. The van der Waals surface area contributed by atoms with Crippen LogP contribution < -0.4 is 16.0 Å². The lowest BCUT2D eigenvalue weighted by Crippen LogP contribution is -2.29. The molecule has 1 heterocycles. The topological polar surface area (TPSA) is 78.9 Å². The maximum atomic E-state index is 11.9. The van der Waals surface area contributed by atoms with Crippen LogP contribution in [0.1, 0.15) is 22.5 Å². The Kier molecular flexibility index (Phi) is 6.84. The quantitative estimate of drug-likeness (QED) is 0.417. The van der Waals surface area contributed by atoms with Crippen LogP contribution in [-0.4, -0.2) is 27.2 Å². The number of amides is 1. The Hall–Kier alpha value is -2.84. The van der Waals surface area contributed by atoms with Crippen LogP contribution >= 0.6 is 23.8 Å². The first-order chi connectivity index (χ1) is 13.2. The fourth-order valence-corrected chi connectivity index (χ4v) is 3.07. The number of nitrogens with zero attached hydrogens (tertiary/aromatic N) is 2. The predicted molar refractivity (Wildman–Crippen MR) is 113 cm³/mol. The molecule has 8 heteroatoms. The number of anilines is 2. The lowest BCUT2D eigenvalue weighted by molar-refractivity contribution is 0.102. The summed E-state index contributed by atoms with van der Waals surface area (Å²) in [4.78, 5) is 11.9. The molecule has 0 unspecified atom stereocenters. The molecule has 138 valence electrons. The van der Waals surface area contributed by atoms with E-state index < -0.39 is 0 Å². The van der Waals surface area contributed by atoms with Crippen molar-refractivity contribution in [2.24, 2.45) is 0 Å². The third kappa shape index (κ3) is 6.12. The van der Waals surface area contributed by atoms with Crippen LogP contribution in [0.2, 0.25) is 0 Å². The second-order valence-corrected chi connectivity index (χ2v) is 6.81. The van der Waals surface area contributed by atoms with E-state index in [1.54, 1.807) is 17.5 Å². The van der Waals surface area contributed by atoms with Gasteiger partial charge < -0.3 is 16.0 Å². The van der Waals surface area contributed by atoms with Crippen LogP contribution in [0, 0.1) is 0 Å². The number of carbonyl (C=O) groups excluding carboxylic acids is 1. The van der Waals surface area contributed by atoms with Crippen molar-refractivity contribution in [1.29, 1.82) is 0 Å². The standard InChI is InChI=1S/C19H19N5OS2/c25-18(17-13-27-24-23-17)21-15-8-10-16(11-9-15)22-19(26)20-12-4-7-14-5-2-1-3-6-14/h1-3,5-6,8-11,13H,4,7,12H2,(H,21,25)(H2,20,22,26). The SMILES string of the molecule is O=C(Nc1ccc(NC(=S)NCCCc2ccccc2)cc1)c1csnn1. The lowest BCUT2D eigenvalue weighted by Gasteiger charge is -2.11. The van der Waals surface area contributed by atoms with E-state index in [2.05, 4.69) is 49.8 Å². The van der Waals surface area contributed by atoms with Crippen LogP contribution in [0.5, 0.6) is 0 Å². The number of hydrogen-bond acceptors (Lipinski definition) is 5. The van der Waals surface area contributed by atoms with E-state index in [4.69, 9.17) is 12.2 Å². The van der Waals surface area contributed by atoms with E-state index in [0.29, 0.717) is 16.5 Å². The molecule has 27 heavy (non-hydrogen) atoms. The summed E-state index contributed by atoms with van der Waals surface area (Å²) in [5.41, 5.74) is 3.16. The van der Waals surface area contributed by atoms with E-state index in [0.717, 1.165) is 36.6 Å². The summed E-state index contributed by atoms with van der Waals surface area (Å²) < 4.78 is 3.68. The minimum atomic E-state index is -0.278. The molecule has 0 bridgehead atoms. The summed E-state index contributed by atoms with van der Waals surface area (Å²) in [7, 11) is 0. The van der Waals surface area contributed by atoms with Gasteiger partial charge in [0.1, 0.15) is 0 Å². The van der Waals surface area contributed by atoms with E-state index in [1.165, 1.54) is 5.56 Å². The summed E-state index contributed by atoms with van der Waals surface area (Å²) in [5, 5.41) is 15.0. The highest BCUT2D eigenvalue weighted by atomic mass is 32.1. The first-order valence-corrected chi connectivity index (χ1v) is 9.72. The van der Waals surface area contributed by atoms with Crippen molar-refractivity contribution in [1.82, 2.24) is 14.9 Å². The average Bonchev–Trinajstić information content (AvgIpc) is 3.23. The minimum absolute atomic E-state index is 0.278. The van der Waals surface area contributed by atoms with Crippen LogP contribution in [-0.2, 0) is 6.42 Å². The van der Waals surface area contributed by atoms with Gasteiger partial charge in [-0.15, -0.1) is 5.10 Å². The van der Waals surface area contributed by atoms with Crippen molar-refractivity contribution in [3.8, 4) is 0 Å². The summed E-state index contributed by atoms with van der Waals surface area (Å²) in [6.07, 6.45) is 2.02. The molecule has 0 radical (unpaired) electrons. The number of carbonyl (C=O) groups is 1. The third-order valence-corrected chi connectivity index (χ3v) is 4.51. The van der Waals surface area contributed by atoms with Gasteiger partial charge in [0, 0.05) is 23.3 Å². The average molecular weight is 398 g/mol. The third-order valence-electron chi connectivity index (χ3n) is 3.76. The molecule has 0 aliphatic rings. The van der Waals surface area contributed by atoms with Crippen molar-refractivity contribution in [2.75, 3.05) is 17.2 Å². The maximum Gasteiger partial charge on any atom is 0.277 e. The molecule has 0 saturated heterocycles. The highest BCUT2D eigenvalue weighted by molar-refractivity contribution is 7.80. The number of rotatable bonds is 7. The summed E-state index contributed by atoms with van der Waals surface area (Å²) >= 11 is 6.46. The second-order valence-electron chi connectivity index (χ2n) is 5.79. The van der Waals surface area contributed by atoms with Crippen molar-refractivity contribution in [3.05, 3.63) is 71.2 Å². The Morgan fingerprint density at radius 2 is 1.70 bits per heavy atom. The smallest absolute Gasteiger partial charge is 0.277 e. The zero-order valence-corrected chi connectivity index (χ0v) is 16.1. The van der Waals surface area contributed by atoms with Gasteiger partial charge in [-0.3, -0.25) is 4.79 Å². The lowest BCUT2D eigenvalue weighted by atomic mass is 10.1. The molecule has 0 spiro atoms. The van der Waals surface area contributed by atoms with Crippen LogP contribution in [0.3, 0.4) is 0 Å². The molecule has 1 amide bonds. The monoisotopic (exact) mass is 397 g/mol. The number of benzene rings is 2. The first-order valence-electron chi connectivity index (χ1n) is 8.48. The van der Waals surface area contributed by atoms with Crippen LogP contribution in [0.4, 0.5) is 11.4 Å². The van der Waals surface area contributed by atoms with Gasteiger partial charge in [0.05, 0.1) is 0 Å². The number of nitrogens with one attached hydrogen (secondary N) is 3. The molecule has 3 aromatic rings. The Bertz CT molecular complexity index is 867. The molecule has 2 aromatic carbocycles. The Morgan fingerprint density at radius 1 is 1.00 bits per heavy atom. The van der Waals surface area contributed by atoms with Crippen LogP contribution in [0.15, 0.2) is 60.0 Å². The van der Waals surface area contributed by atoms with Gasteiger partial charge in [-0.2, -0.15) is 0 Å². The zero-order valence-electron chi connectivity index (χ0n) is 14.5. The molecule has 0 fully saturated rings. The Morgan fingerprint density at radius 3 is 2.37 bits per heavy atom. The van der Waals surface area contributed by atoms with Gasteiger partial charge in [-0.25, -0.2) is 0 Å². The fraction of sp³-hybridized carbons (Fsp3) is 0.158.